The number of aromatic nitrogens is 4. The summed E-state index contributed by atoms with van der Waals surface area (Å²) in [6, 6.07) is 12.7. The maximum atomic E-state index is 13.4. The fourth-order valence-corrected chi connectivity index (χ4v) is 5.03. The third-order valence-corrected chi connectivity index (χ3v) is 6.78. The number of rotatable bonds is 6. The van der Waals surface area contributed by atoms with Gasteiger partial charge in [0.2, 0.25) is 17.7 Å². The highest BCUT2D eigenvalue weighted by Gasteiger charge is 2.32. The smallest absolute Gasteiger partial charge is 0.244 e. The fraction of sp³-hybridized carbons (Fsp3) is 0.304. The van der Waals surface area contributed by atoms with Crippen LogP contribution in [0.4, 0.5) is 11.4 Å². The van der Waals surface area contributed by atoms with E-state index in [1.807, 2.05) is 36.4 Å². The standard InChI is InChI=1S/C23H23N7O3S/c1-15(22(33)29-14-20(31)25-16-7-2-3-8-17(16)29)34-23-27-26-19(13-28-12-6-10-21(28)32)30(23)18-9-4-5-11-24-18/h2-5,7-9,11,15H,6,10,12-14H2,1H3,(H,25,31)/t15-/m0/s1. The van der Waals surface area contributed by atoms with Crippen molar-refractivity contribution in [3.05, 3.63) is 54.5 Å². The van der Waals surface area contributed by atoms with Gasteiger partial charge in [-0.1, -0.05) is 30.0 Å². The predicted octanol–water partition coefficient (Wildman–Crippen LogP) is 2.25. The average Bonchev–Trinajstić information content (AvgIpc) is 3.44. The first-order valence-electron chi connectivity index (χ1n) is 11.0. The van der Waals surface area contributed by atoms with Crippen molar-refractivity contribution in [3.63, 3.8) is 0 Å². The lowest BCUT2D eigenvalue weighted by Gasteiger charge is -2.30. The van der Waals surface area contributed by atoms with Crippen LogP contribution in [0.3, 0.4) is 0 Å². The van der Waals surface area contributed by atoms with Crippen LogP contribution in [0.1, 0.15) is 25.6 Å². The van der Waals surface area contributed by atoms with Gasteiger partial charge in [-0.25, -0.2) is 4.98 Å². The Balaban J connectivity index is 1.42. The Morgan fingerprint density at radius 3 is 2.74 bits per heavy atom. The maximum Gasteiger partial charge on any atom is 0.244 e. The Morgan fingerprint density at radius 2 is 1.97 bits per heavy atom. The number of carbonyl (C=O) groups excluding carboxylic acids is 3. The number of likely N-dealkylation sites (tertiary alicyclic amines) is 1. The molecule has 1 saturated heterocycles. The molecule has 0 saturated carbocycles. The summed E-state index contributed by atoms with van der Waals surface area (Å²) >= 11 is 1.25. The monoisotopic (exact) mass is 477 g/mol. The summed E-state index contributed by atoms with van der Waals surface area (Å²) in [6.07, 6.45) is 3.04. The molecule has 2 aliphatic rings. The molecule has 1 atom stereocenters. The second-order valence-corrected chi connectivity index (χ2v) is 9.40. The van der Waals surface area contributed by atoms with Gasteiger partial charge in [0, 0.05) is 19.2 Å². The quantitative estimate of drug-likeness (QED) is 0.542. The Kier molecular flexibility index (Phi) is 6.01. The van der Waals surface area contributed by atoms with E-state index in [2.05, 4.69) is 20.5 Å². The van der Waals surface area contributed by atoms with Crippen LogP contribution in [0, 0.1) is 0 Å². The SMILES string of the molecule is C[C@H](Sc1nnc(CN2CCCC2=O)n1-c1ccccn1)C(=O)N1CC(=O)Nc2ccccc21. The highest BCUT2D eigenvalue weighted by Crippen LogP contribution is 2.33. The Morgan fingerprint density at radius 1 is 1.15 bits per heavy atom. The first-order valence-corrected chi connectivity index (χ1v) is 11.9. The second-order valence-electron chi connectivity index (χ2n) is 8.09. The average molecular weight is 478 g/mol. The number of hydrogen-bond acceptors (Lipinski definition) is 7. The molecule has 0 spiro atoms. The van der Waals surface area contributed by atoms with Gasteiger partial charge in [-0.05, 0) is 37.6 Å². The minimum absolute atomic E-state index is 0.0456. The lowest BCUT2D eigenvalue weighted by Crippen LogP contribution is -2.45. The van der Waals surface area contributed by atoms with Crippen molar-refractivity contribution >= 4 is 40.9 Å². The van der Waals surface area contributed by atoms with Gasteiger partial charge in [0.1, 0.15) is 12.4 Å². The summed E-state index contributed by atoms with van der Waals surface area (Å²) in [5.41, 5.74) is 1.28. The van der Waals surface area contributed by atoms with Gasteiger partial charge in [-0.15, -0.1) is 10.2 Å². The molecule has 2 aliphatic heterocycles. The summed E-state index contributed by atoms with van der Waals surface area (Å²) in [5.74, 6) is 0.839. The molecule has 2 aromatic heterocycles. The van der Waals surface area contributed by atoms with Gasteiger partial charge < -0.3 is 10.2 Å². The summed E-state index contributed by atoms with van der Waals surface area (Å²) in [5, 5.41) is 11.4. The van der Waals surface area contributed by atoms with Crippen molar-refractivity contribution in [2.45, 2.75) is 36.7 Å². The lowest BCUT2D eigenvalue weighted by atomic mass is 10.2. The Bertz CT molecular complexity index is 1250. The first kappa shape index (κ1) is 22.1. The van der Waals surface area contributed by atoms with Crippen molar-refractivity contribution in [3.8, 4) is 5.82 Å². The van der Waals surface area contributed by atoms with E-state index in [9.17, 15) is 14.4 Å². The predicted molar refractivity (Wildman–Crippen MR) is 127 cm³/mol. The summed E-state index contributed by atoms with van der Waals surface area (Å²) in [6.45, 7) is 2.74. The van der Waals surface area contributed by atoms with Crippen molar-refractivity contribution in [2.24, 2.45) is 0 Å². The number of benzene rings is 1. The largest absolute Gasteiger partial charge is 0.335 e. The third kappa shape index (κ3) is 4.26. The molecule has 174 valence electrons. The fourth-order valence-electron chi connectivity index (χ4n) is 4.09. The second kappa shape index (κ2) is 9.26. The van der Waals surface area contributed by atoms with Crippen molar-refractivity contribution in [1.29, 1.82) is 0 Å². The van der Waals surface area contributed by atoms with Gasteiger partial charge in [-0.3, -0.25) is 23.9 Å². The maximum absolute atomic E-state index is 13.4. The van der Waals surface area contributed by atoms with Crippen LogP contribution in [0.15, 0.2) is 53.8 Å². The van der Waals surface area contributed by atoms with Crippen molar-refractivity contribution in [2.75, 3.05) is 23.3 Å². The molecule has 0 aliphatic carbocycles. The highest BCUT2D eigenvalue weighted by atomic mass is 32.2. The summed E-state index contributed by atoms with van der Waals surface area (Å²) < 4.78 is 1.79. The molecule has 10 nitrogen and oxygen atoms in total. The molecule has 34 heavy (non-hydrogen) atoms. The van der Waals surface area contributed by atoms with E-state index >= 15 is 0 Å². The first-order chi connectivity index (χ1) is 16.5. The molecule has 0 unspecified atom stereocenters. The molecule has 3 aromatic rings. The van der Waals surface area contributed by atoms with Crippen molar-refractivity contribution in [1.82, 2.24) is 24.6 Å². The van der Waals surface area contributed by atoms with Gasteiger partial charge in [0.15, 0.2) is 11.0 Å². The number of carbonyl (C=O) groups is 3. The third-order valence-electron chi connectivity index (χ3n) is 5.75. The number of para-hydroxylation sites is 2. The van der Waals surface area contributed by atoms with Gasteiger partial charge in [-0.2, -0.15) is 0 Å². The summed E-state index contributed by atoms with van der Waals surface area (Å²) in [4.78, 5) is 45.4. The van der Waals surface area contributed by atoms with Gasteiger partial charge in [0.25, 0.3) is 0 Å². The van der Waals surface area contributed by atoms with Gasteiger partial charge >= 0.3 is 0 Å². The van der Waals surface area contributed by atoms with E-state index in [0.717, 1.165) is 6.42 Å². The Hall–Kier alpha value is -3.73. The van der Waals surface area contributed by atoms with Crippen LogP contribution >= 0.6 is 11.8 Å². The van der Waals surface area contributed by atoms with E-state index in [-0.39, 0.29) is 24.3 Å². The zero-order valence-electron chi connectivity index (χ0n) is 18.5. The molecular formula is C23H23N7O3S. The van der Waals surface area contributed by atoms with E-state index in [0.29, 0.717) is 47.7 Å². The zero-order chi connectivity index (χ0) is 23.7. The molecule has 11 heteroatoms. The highest BCUT2D eigenvalue weighted by molar-refractivity contribution is 8.00. The lowest BCUT2D eigenvalue weighted by molar-refractivity contribution is -0.128. The molecule has 0 bridgehead atoms. The molecular weight excluding hydrogens is 454 g/mol. The number of nitrogens with one attached hydrogen (secondary N) is 1. The molecule has 0 radical (unpaired) electrons. The number of amides is 3. The minimum Gasteiger partial charge on any atom is -0.335 e. The molecule has 1 N–H and O–H groups in total. The number of thioether (sulfide) groups is 1. The van der Waals surface area contributed by atoms with Crippen LogP contribution in [0.5, 0.6) is 0 Å². The number of pyridine rings is 1. The van der Waals surface area contributed by atoms with E-state index in [4.69, 9.17) is 0 Å². The number of anilines is 2. The number of nitrogens with zero attached hydrogens (tertiary/aromatic N) is 6. The van der Waals surface area contributed by atoms with Crippen LogP contribution in [0.25, 0.3) is 5.82 Å². The van der Waals surface area contributed by atoms with E-state index < -0.39 is 5.25 Å². The molecule has 1 aromatic carbocycles. The van der Waals surface area contributed by atoms with E-state index in [1.54, 1.807) is 28.7 Å². The number of hydrogen-bond donors (Lipinski definition) is 1. The van der Waals surface area contributed by atoms with Crippen LogP contribution in [0.2, 0.25) is 0 Å². The topological polar surface area (TPSA) is 113 Å². The molecule has 1 fully saturated rings. The number of fused-ring (bicyclic) bond motifs is 1. The molecule has 5 rings (SSSR count). The summed E-state index contributed by atoms with van der Waals surface area (Å²) in [7, 11) is 0. The van der Waals surface area contributed by atoms with Crippen LogP contribution < -0.4 is 10.2 Å². The molecule has 4 heterocycles. The van der Waals surface area contributed by atoms with E-state index in [1.165, 1.54) is 16.7 Å². The molecule has 3 amide bonds. The van der Waals surface area contributed by atoms with Crippen LogP contribution in [-0.4, -0.2) is 60.7 Å². The minimum atomic E-state index is -0.549. The van der Waals surface area contributed by atoms with Crippen molar-refractivity contribution < 1.29 is 14.4 Å². The van der Waals surface area contributed by atoms with Gasteiger partial charge in [0.05, 0.1) is 23.2 Å². The zero-order valence-corrected chi connectivity index (χ0v) is 19.4. The normalized spacial score (nSPS) is 16.4. The van der Waals surface area contributed by atoms with Crippen LogP contribution in [-0.2, 0) is 20.9 Å². The Labute approximate surface area is 200 Å².